The lowest BCUT2D eigenvalue weighted by atomic mass is 10.0. The molecule has 2 aromatic heterocycles. The van der Waals surface area contributed by atoms with E-state index < -0.39 is 23.4 Å². The molecular weight excluding hydrogens is 583 g/mol. The third-order valence-corrected chi connectivity index (χ3v) is 8.04. The monoisotopic (exact) mass is 607 g/mol. The maximum Gasteiger partial charge on any atom is 0.335 e. The van der Waals surface area contributed by atoms with Gasteiger partial charge < -0.3 is 14.4 Å². The fourth-order valence-electron chi connectivity index (χ4n) is 5.27. The zero-order valence-electron chi connectivity index (χ0n) is 23.7. The second kappa shape index (κ2) is 11.8. The maximum atomic E-state index is 15.5. The van der Waals surface area contributed by atoms with Crippen LogP contribution in [0.1, 0.15) is 52.1 Å². The first-order valence-electron chi connectivity index (χ1n) is 14.0. The number of halogens is 3. The van der Waals surface area contributed by atoms with E-state index in [2.05, 4.69) is 11.1 Å². The summed E-state index contributed by atoms with van der Waals surface area (Å²) >= 11 is 0. The zero-order chi connectivity index (χ0) is 31.7. The molecule has 1 aliphatic rings. The molecular formula is C34H24F3N5O3. The van der Waals surface area contributed by atoms with E-state index in [0.29, 0.717) is 41.0 Å². The van der Waals surface area contributed by atoms with Crippen molar-refractivity contribution in [2.24, 2.45) is 5.41 Å². The number of ether oxygens (including phenoxy) is 1. The van der Waals surface area contributed by atoms with Crippen LogP contribution < -0.4 is 4.74 Å². The van der Waals surface area contributed by atoms with Crippen LogP contribution in [0, 0.1) is 45.5 Å². The van der Waals surface area contributed by atoms with Gasteiger partial charge in [-0.1, -0.05) is 18.2 Å². The maximum absolute atomic E-state index is 15.5. The SMILES string of the molecule is N#CCC1(Cn2c(Cc3ccc(-c4ccc(F)c(OCc5ccc(C#N)cc5F)n4)cc3F)nc3ccc(C(=O)O)cc32)CC1. The van der Waals surface area contributed by atoms with Crippen molar-refractivity contribution >= 4 is 17.0 Å². The van der Waals surface area contributed by atoms with Crippen molar-refractivity contribution in [3.63, 3.8) is 0 Å². The van der Waals surface area contributed by atoms with Gasteiger partial charge in [0.1, 0.15) is 24.1 Å². The van der Waals surface area contributed by atoms with Crippen molar-refractivity contribution in [1.82, 2.24) is 14.5 Å². The highest BCUT2D eigenvalue weighted by Crippen LogP contribution is 2.50. The predicted molar refractivity (Wildman–Crippen MR) is 156 cm³/mol. The molecule has 3 aromatic carbocycles. The molecule has 8 nitrogen and oxygen atoms in total. The quantitative estimate of drug-likeness (QED) is 0.182. The van der Waals surface area contributed by atoms with Crippen LogP contribution >= 0.6 is 0 Å². The minimum absolute atomic E-state index is 0.104. The summed E-state index contributed by atoms with van der Waals surface area (Å²) in [6, 6.07) is 19.6. The normalized spacial score (nSPS) is 13.3. The summed E-state index contributed by atoms with van der Waals surface area (Å²) < 4.78 is 51.6. The minimum Gasteiger partial charge on any atom is -0.478 e. The lowest BCUT2D eigenvalue weighted by Crippen LogP contribution is -2.14. The third-order valence-electron chi connectivity index (χ3n) is 8.04. The predicted octanol–water partition coefficient (Wildman–Crippen LogP) is 6.95. The summed E-state index contributed by atoms with van der Waals surface area (Å²) in [5, 5.41) is 27.8. The van der Waals surface area contributed by atoms with E-state index in [1.807, 2.05) is 10.6 Å². The number of aromatic nitrogens is 3. The van der Waals surface area contributed by atoms with Crippen LogP contribution in [0.3, 0.4) is 0 Å². The molecule has 2 heterocycles. The Morgan fingerprint density at radius 2 is 1.71 bits per heavy atom. The van der Waals surface area contributed by atoms with Crippen LogP contribution in [0.5, 0.6) is 5.88 Å². The largest absolute Gasteiger partial charge is 0.478 e. The number of rotatable bonds is 10. The summed E-state index contributed by atoms with van der Waals surface area (Å²) in [6.45, 7) is 0.132. The molecule has 0 atom stereocenters. The van der Waals surface area contributed by atoms with Crippen LogP contribution in [0.25, 0.3) is 22.3 Å². The molecule has 11 heteroatoms. The smallest absolute Gasteiger partial charge is 0.335 e. The standard InChI is InChI=1S/C34H24F3N5O3/c35-25-6-8-28(41-32(25)45-18-24-2-1-20(17-39)13-26(24)36)22-4-3-21(27(37)14-22)16-31-40-29-7-5-23(33(43)44)15-30(29)42(31)19-34(9-10-34)11-12-38/h1-8,13-15H,9-11,16,18-19H2,(H,43,44). The molecule has 0 amide bonds. The molecule has 1 fully saturated rings. The Labute approximate surface area is 255 Å². The van der Waals surface area contributed by atoms with Gasteiger partial charge in [-0.2, -0.15) is 10.5 Å². The average Bonchev–Trinajstić information content (AvgIpc) is 3.71. The summed E-state index contributed by atoms with van der Waals surface area (Å²) in [5.74, 6) is -2.93. The zero-order valence-corrected chi connectivity index (χ0v) is 23.7. The van der Waals surface area contributed by atoms with Gasteiger partial charge >= 0.3 is 5.97 Å². The average molecular weight is 608 g/mol. The van der Waals surface area contributed by atoms with E-state index in [1.54, 1.807) is 24.3 Å². The van der Waals surface area contributed by atoms with Gasteiger partial charge in [-0.3, -0.25) is 0 Å². The molecule has 1 N–H and O–H groups in total. The van der Waals surface area contributed by atoms with E-state index in [4.69, 9.17) is 15.0 Å². The number of benzene rings is 3. The molecule has 6 rings (SSSR count). The Kier molecular flexibility index (Phi) is 7.69. The Morgan fingerprint density at radius 3 is 2.40 bits per heavy atom. The van der Waals surface area contributed by atoms with Crippen molar-refractivity contribution in [2.45, 2.75) is 38.8 Å². The molecule has 0 aliphatic heterocycles. The first-order chi connectivity index (χ1) is 21.7. The fraction of sp³-hybridized carbons (Fsp3) is 0.206. The van der Waals surface area contributed by atoms with Gasteiger partial charge in [0.15, 0.2) is 5.82 Å². The van der Waals surface area contributed by atoms with E-state index in [9.17, 15) is 23.9 Å². The van der Waals surface area contributed by atoms with Crippen LogP contribution in [-0.4, -0.2) is 25.6 Å². The number of imidazole rings is 1. The molecule has 0 radical (unpaired) electrons. The van der Waals surface area contributed by atoms with E-state index >= 15 is 4.39 Å². The van der Waals surface area contributed by atoms with Crippen LogP contribution in [-0.2, 0) is 19.6 Å². The minimum atomic E-state index is -1.07. The number of hydrogen-bond donors (Lipinski definition) is 1. The topological polar surface area (TPSA) is 125 Å². The van der Waals surface area contributed by atoms with Crippen LogP contribution in [0.15, 0.2) is 66.7 Å². The third kappa shape index (κ3) is 6.06. The van der Waals surface area contributed by atoms with E-state index in [-0.39, 0.29) is 46.7 Å². The van der Waals surface area contributed by atoms with Crippen LogP contribution in [0.2, 0.25) is 0 Å². The molecule has 1 saturated carbocycles. The van der Waals surface area contributed by atoms with Crippen molar-refractivity contribution in [3.05, 3.63) is 112 Å². The number of hydrogen-bond acceptors (Lipinski definition) is 6. The second-order valence-electron chi connectivity index (χ2n) is 11.1. The Morgan fingerprint density at radius 1 is 0.933 bits per heavy atom. The number of nitrogens with zero attached hydrogens (tertiary/aromatic N) is 5. The second-order valence-corrected chi connectivity index (χ2v) is 11.1. The summed E-state index contributed by atoms with van der Waals surface area (Å²) in [7, 11) is 0. The number of pyridine rings is 1. The molecule has 0 saturated heterocycles. The van der Waals surface area contributed by atoms with Gasteiger partial charge in [0.2, 0.25) is 0 Å². The van der Waals surface area contributed by atoms with Crippen molar-refractivity contribution in [3.8, 4) is 29.3 Å². The van der Waals surface area contributed by atoms with Gasteiger partial charge in [-0.25, -0.2) is 27.9 Å². The van der Waals surface area contributed by atoms with Gasteiger partial charge in [0, 0.05) is 35.9 Å². The number of carboxylic acids is 1. The summed E-state index contributed by atoms with van der Waals surface area (Å²) in [6.07, 6.45) is 2.18. The summed E-state index contributed by atoms with van der Waals surface area (Å²) in [4.78, 5) is 20.5. The van der Waals surface area contributed by atoms with Crippen LogP contribution in [0.4, 0.5) is 13.2 Å². The molecule has 5 aromatic rings. The Bertz CT molecular complexity index is 2060. The Hall–Kier alpha value is -5.68. The highest BCUT2D eigenvalue weighted by atomic mass is 19.1. The highest BCUT2D eigenvalue weighted by molar-refractivity contribution is 5.92. The molecule has 224 valence electrons. The van der Waals surface area contributed by atoms with Gasteiger partial charge in [-0.15, -0.1) is 0 Å². The van der Waals surface area contributed by atoms with Crippen molar-refractivity contribution in [2.75, 3.05) is 0 Å². The number of carboxylic acid groups (broad SMARTS) is 1. The van der Waals surface area contributed by atoms with Gasteiger partial charge in [0.25, 0.3) is 5.88 Å². The molecule has 0 unspecified atom stereocenters. The number of fused-ring (bicyclic) bond motifs is 1. The van der Waals surface area contributed by atoms with Gasteiger partial charge in [-0.05, 0) is 66.9 Å². The molecule has 0 bridgehead atoms. The van der Waals surface area contributed by atoms with Gasteiger partial charge in [0.05, 0.1) is 40.0 Å². The van der Waals surface area contributed by atoms with Crippen molar-refractivity contribution < 1.29 is 27.8 Å². The molecule has 0 spiro atoms. The van der Waals surface area contributed by atoms with E-state index in [0.717, 1.165) is 25.0 Å². The summed E-state index contributed by atoms with van der Waals surface area (Å²) in [5.41, 5.74) is 2.23. The number of carbonyl (C=O) groups is 1. The molecule has 45 heavy (non-hydrogen) atoms. The highest BCUT2D eigenvalue weighted by Gasteiger charge is 2.43. The number of aromatic carboxylic acids is 1. The first kappa shape index (κ1) is 29.4. The first-order valence-corrected chi connectivity index (χ1v) is 14.0. The van der Waals surface area contributed by atoms with E-state index in [1.165, 1.54) is 30.3 Å². The Balaban J connectivity index is 1.26. The fourth-order valence-corrected chi connectivity index (χ4v) is 5.27. The molecule has 1 aliphatic carbocycles. The van der Waals surface area contributed by atoms with Crippen molar-refractivity contribution in [1.29, 1.82) is 10.5 Å². The number of nitriles is 2. The lowest BCUT2D eigenvalue weighted by molar-refractivity contribution is 0.0697. The lowest BCUT2D eigenvalue weighted by Gasteiger charge is -2.16.